The average Bonchev–Trinajstić information content (AvgIpc) is 2.26. The molecule has 0 radical (unpaired) electrons. The number of amides is 1. The maximum atomic E-state index is 11.7. The zero-order valence-electron chi connectivity index (χ0n) is 8.72. The van der Waals surface area contributed by atoms with Gasteiger partial charge in [-0.3, -0.25) is 4.79 Å². The second-order valence-corrected chi connectivity index (χ2v) is 4.67. The Morgan fingerprint density at radius 1 is 1.44 bits per heavy atom. The molecule has 3 nitrogen and oxygen atoms in total. The maximum absolute atomic E-state index is 11.7. The van der Waals surface area contributed by atoms with Gasteiger partial charge in [0.25, 0.3) is 5.91 Å². The van der Waals surface area contributed by atoms with Gasteiger partial charge in [0.2, 0.25) is 0 Å². The summed E-state index contributed by atoms with van der Waals surface area (Å²) in [5.74, 6) is -0.234. The lowest BCUT2D eigenvalue weighted by molar-refractivity contribution is 0.0954. The van der Waals surface area contributed by atoms with Gasteiger partial charge in [0.15, 0.2) is 0 Å². The number of thioether (sulfide) groups is 1. The van der Waals surface area contributed by atoms with Crippen LogP contribution in [0.5, 0.6) is 0 Å². The van der Waals surface area contributed by atoms with Crippen molar-refractivity contribution < 1.29 is 4.79 Å². The van der Waals surface area contributed by atoms with Gasteiger partial charge in [0.05, 0.1) is 15.6 Å². The highest BCUT2D eigenvalue weighted by molar-refractivity contribution is 7.98. The van der Waals surface area contributed by atoms with E-state index in [2.05, 4.69) is 5.32 Å². The lowest BCUT2D eigenvalue weighted by Gasteiger charge is -2.08. The Bertz CT molecular complexity index is 399. The first-order valence-electron chi connectivity index (χ1n) is 4.61. The largest absolute Gasteiger partial charge is 0.351 e. The van der Waals surface area contributed by atoms with E-state index in [0.717, 1.165) is 4.90 Å². The minimum atomic E-state index is -0.234. The van der Waals surface area contributed by atoms with E-state index in [1.807, 2.05) is 6.26 Å². The molecule has 0 aliphatic heterocycles. The van der Waals surface area contributed by atoms with Gasteiger partial charge >= 0.3 is 0 Å². The predicted molar refractivity (Wildman–Crippen MR) is 69.6 cm³/mol. The molecule has 0 bridgehead atoms. The predicted octanol–water partition coefficient (Wildman–Crippen LogP) is 2.40. The van der Waals surface area contributed by atoms with Gasteiger partial charge in [0, 0.05) is 18.0 Å². The van der Waals surface area contributed by atoms with Crippen molar-refractivity contribution >= 4 is 40.9 Å². The van der Waals surface area contributed by atoms with Crippen LogP contribution < -0.4 is 11.1 Å². The smallest absolute Gasteiger partial charge is 0.252 e. The molecule has 16 heavy (non-hydrogen) atoms. The van der Waals surface area contributed by atoms with Crippen LogP contribution in [0.1, 0.15) is 10.4 Å². The summed E-state index contributed by atoms with van der Waals surface area (Å²) >= 11 is 13.4. The number of halogens is 2. The first-order valence-corrected chi connectivity index (χ1v) is 6.59. The summed E-state index contributed by atoms with van der Waals surface area (Å²) < 4.78 is 0. The monoisotopic (exact) mass is 278 g/mol. The van der Waals surface area contributed by atoms with Crippen LogP contribution in [0.3, 0.4) is 0 Å². The Labute approximate surface area is 109 Å². The number of hydrogen-bond acceptors (Lipinski definition) is 3. The normalized spacial score (nSPS) is 10.2. The highest BCUT2D eigenvalue weighted by Crippen LogP contribution is 2.31. The van der Waals surface area contributed by atoms with Crippen molar-refractivity contribution in [2.45, 2.75) is 4.90 Å². The molecule has 0 aliphatic rings. The van der Waals surface area contributed by atoms with Crippen molar-refractivity contribution in [2.75, 3.05) is 19.3 Å². The van der Waals surface area contributed by atoms with Gasteiger partial charge in [0.1, 0.15) is 0 Å². The molecule has 1 aromatic rings. The second kappa shape index (κ2) is 6.35. The topological polar surface area (TPSA) is 55.1 Å². The maximum Gasteiger partial charge on any atom is 0.252 e. The Hall–Kier alpha value is -0.420. The molecule has 1 rings (SSSR count). The Morgan fingerprint density at radius 3 is 2.69 bits per heavy atom. The fraction of sp³-hybridized carbons (Fsp3) is 0.300. The molecule has 0 aliphatic carbocycles. The number of benzene rings is 1. The lowest BCUT2D eigenvalue weighted by atomic mass is 10.2. The fourth-order valence-electron chi connectivity index (χ4n) is 1.14. The Morgan fingerprint density at radius 2 is 2.12 bits per heavy atom. The second-order valence-electron chi connectivity index (χ2n) is 3.01. The first-order chi connectivity index (χ1) is 7.60. The molecule has 0 unspecified atom stereocenters. The molecule has 6 heteroatoms. The molecular weight excluding hydrogens is 267 g/mol. The van der Waals surface area contributed by atoms with E-state index in [1.54, 1.807) is 12.1 Å². The van der Waals surface area contributed by atoms with E-state index >= 15 is 0 Å². The number of nitrogens with one attached hydrogen (secondary N) is 1. The number of hydrogen-bond donors (Lipinski definition) is 2. The minimum Gasteiger partial charge on any atom is -0.351 e. The van der Waals surface area contributed by atoms with Crippen LogP contribution in [0.15, 0.2) is 17.0 Å². The van der Waals surface area contributed by atoms with E-state index in [4.69, 9.17) is 28.9 Å². The third-order valence-electron chi connectivity index (χ3n) is 1.92. The SMILES string of the molecule is CSc1cc(C(=O)NCCN)c(Cl)cc1Cl. The minimum absolute atomic E-state index is 0.234. The molecule has 3 N–H and O–H groups in total. The van der Waals surface area contributed by atoms with Crippen LogP contribution in [0.2, 0.25) is 10.0 Å². The molecule has 0 spiro atoms. The van der Waals surface area contributed by atoms with Crippen LogP contribution in [-0.2, 0) is 0 Å². The van der Waals surface area contributed by atoms with E-state index in [1.165, 1.54) is 11.8 Å². The van der Waals surface area contributed by atoms with Crippen LogP contribution in [0.4, 0.5) is 0 Å². The lowest BCUT2D eigenvalue weighted by Crippen LogP contribution is -2.29. The summed E-state index contributed by atoms with van der Waals surface area (Å²) in [6.45, 7) is 0.818. The quantitative estimate of drug-likeness (QED) is 0.832. The van der Waals surface area contributed by atoms with Crippen molar-refractivity contribution in [2.24, 2.45) is 5.73 Å². The average molecular weight is 279 g/mol. The standard InChI is InChI=1S/C10H12Cl2N2OS/c1-16-9-4-6(7(11)5-8(9)12)10(15)14-3-2-13/h4-5H,2-3,13H2,1H3,(H,14,15). The molecule has 0 heterocycles. The summed E-state index contributed by atoms with van der Waals surface area (Å²) in [4.78, 5) is 12.5. The van der Waals surface area contributed by atoms with Gasteiger partial charge in [-0.1, -0.05) is 23.2 Å². The molecule has 0 aromatic heterocycles. The van der Waals surface area contributed by atoms with Crippen molar-refractivity contribution in [3.63, 3.8) is 0 Å². The molecule has 1 aromatic carbocycles. The van der Waals surface area contributed by atoms with Crippen LogP contribution in [-0.4, -0.2) is 25.3 Å². The van der Waals surface area contributed by atoms with Crippen molar-refractivity contribution in [1.82, 2.24) is 5.32 Å². The third kappa shape index (κ3) is 3.28. The van der Waals surface area contributed by atoms with Gasteiger partial charge in [-0.05, 0) is 18.4 Å². The molecule has 0 atom stereocenters. The number of carbonyl (C=O) groups excluding carboxylic acids is 1. The highest BCUT2D eigenvalue weighted by Gasteiger charge is 2.13. The van der Waals surface area contributed by atoms with Crippen LogP contribution in [0, 0.1) is 0 Å². The van der Waals surface area contributed by atoms with E-state index in [-0.39, 0.29) is 5.91 Å². The van der Waals surface area contributed by atoms with Gasteiger partial charge in [-0.2, -0.15) is 0 Å². The number of rotatable bonds is 4. The molecule has 0 fully saturated rings. The Kier molecular flexibility index (Phi) is 5.41. The molecule has 1 amide bonds. The van der Waals surface area contributed by atoms with Gasteiger partial charge < -0.3 is 11.1 Å². The fourth-order valence-corrected chi connectivity index (χ4v) is 2.33. The highest BCUT2D eigenvalue weighted by atomic mass is 35.5. The molecular formula is C10H12Cl2N2OS. The summed E-state index contributed by atoms with van der Waals surface area (Å²) in [5, 5.41) is 3.55. The van der Waals surface area contributed by atoms with Crippen LogP contribution >= 0.6 is 35.0 Å². The van der Waals surface area contributed by atoms with Crippen molar-refractivity contribution in [1.29, 1.82) is 0 Å². The molecule has 0 saturated heterocycles. The molecule has 88 valence electrons. The Balaban J connectivity index is 2.99. The zero-order chi connectivity index (χ0) is 12.1. The van der Waals surface area contributed by atoms with E-state index in [0.29, 0.717) is 28.7 Å². The number of carbonyl (C=O) groups is 1. The van der Waals surface area contributed by atoms with Gasteiger partial charge in [-0.15, -0.1) is 11.8 Å². The summed E-state index contributed by atoms with van der Waals surface area (Å²) in [6.07, 6.45) is 1.89. The van der Waals surface area contributed by atoms with E-state index < -0.39 is 0 Å². The van der Waals surface area contributed by atoms with Crippen molar-refractivity contribution in [3.8, 4) is 0 Å². The molecule has 0 saturated carbocycles. The van der Waals surface area contributed by atoms with Crippen LogP contribution in [0.25, 0.3) is 0 Å². The zero-order valence-corrected chi connectivity index (χ0v) is 11.0. The first kappa shape index (κ1) is 13.6. The van der Waals surface area contributed by atoms with Crippen molar-refractivity contribution in [3.05, 3.63) is 27.7 Å². The summed E-state index contributed by atoms with van der Waals surface area (Å²) in [6, 6.07) is 3.26. The van der Waals surface area contributed by atoms with Gasteiger partial charge in [-0.25, -0.2) is 0 Å². The summed E-state index contributed by atoms with van der Waals surface area (Å²) in [7, 11) is 0. The van der Waals surface area contributed by atoms with E-state index in [9.17, 15) is 4.79 Å². The summed E-state index contributed by atoms with van der Waals surface area (Å²) in [5.41, 5.74) is 5.72. The third-order valence-corrected chi connectivity index (χ3v) is 3.43. The number of nitrogens with two attached hydrogens (primary N) is 1.